The van der Waals surface area contributed by atoms with Crippen molar-refractivity contribution < 1.29 is 4.52 Å². The summed E-state index contributed by atoms with van der Waals surface area (Å²) in [4.78, 5) is 14.0. The Morgan fingerprint density at radius 1 is 1.09 bits per heavy atom. The van der Waals surface area contributed by atoms with Gasteiger partial charge >= 0.3 is 0 Å². The van der Waals surface area contributed by atoms with E-state index >= 15 is 0 Å². The molecule has 2 aliphatic heterocycles. The molecule has 3 rings (SSSR count). The summed E-state index contributed by atoms with van der Waals surface area (Å²) in [5, 5.41) is 4.15. The minimum atomic E-state index is 0.646. The minimum absolute atomic E-state index is 0.646. The maximum Gasteiger partial charge on any atom is 0.240 e. The summed E-state index contributed by atoms with van der Waals surface area (Å²) < 4.78 is 5.43. The van der Waals surface area contributed by atoms with Gasteiger partial charge in [-0.05, 0) is 27.6 Å². The number of aromatic nitrogens is 2. The molecule has 0 saturated carbocycles. The number of nitrogens with zero attached hydrogens (tertiary/aromatic N) is 6. The van der Waals surface area contributed by atoms with Gasteiger partial charge in [0.25, 0.3) is 0 Å². The third-order valence-electron chi connectivity index (χ3n) is 4.81. The predicted molar refractivity (Wildman–Crippen MR) is 84.4 cm³/mol. The molecule has 1 unspecified atom stereocenters. The number of likely N-dealkylation sites (tertiary alicyclic amines) is 1. The van der Waals surface area contributed by atoms with E-state index in [0.29, 0.717) is 6.04 Å². The lowest BCUT2D eigenvalue weighted by atomic mass is 10.2. The first-order valence-electron chi connectivity index (χ1n) is 8.21. The monoisotopic (exact) mass is 308 g/mol. The molecule has 124 valence electrons. The second kappa shape index (κ2) is 7.04. The number of hydrogen-bond donors (Lipinski definition) is 0. The molecule has 0 N–H and O–H groups in total. The van der Waals surface area contributed by atoms with E-state index < -0.39 is 0 Å². The van der Waals surface area contributed by atoms with Crippen molar-refractivity contribution in [2.24, 2.45) is 0 Å². The van der Waals surface area contributed by atoms with Crippen LogP contribution in [-0.2, 0) is 13.1 Å². The van der Waals surface area contributed by atoms with Crippen LogP contribution in [0.25, 0.3) is 0 Å². The zero-order valence-corrected chi connectivity index (χ0v) is 14.0. The second-order valence-corrected chi connectivity index (χ2v) is 6.82. The highest BCUT2D eigenvalue weighted by molar-refractivity contribution is 4.90. The van der Waals surface area contributed by atoms with E-state index in [1.807, 2.05) is 0 Å². The van der Waals surface area contributed by atoms with Crippen molar-refractivity contribution in [3.63, 3.8) is 0 Å². The van der Waals surface area contributed by atoms with Crippen LogP contribution in [0, 0.1) is 0 Å². The number of rotatable bonds is 5. The molecular weight excluding hydrogens is 280 g/mol. The molecule has 0 radical (unpaired) electrons. The van der Waals surface area contributed by atoms with E-state index in [1.54, 1.807) is 0 Å². The van der Waals surface area contributed by atoms with Crippen molar-refractivity contribution >= 4 is 0 Å². The lowest BCUT2D eigenvalue weighted by Crippen LogP contribution is -2.44. The van der Waals surface area contributed by atoms with Crippen LogP contribution in [-0.4, -0.2) is 96.2 Å². The van der Waals surface area contributed by atoms with Gasteiger partial charge in [-0.15, -0.1) is 0 Å². The molecule has 22 heavy (non-hydrogen) atoms. The zero-order valence-electron chi connectivity index (χ0n) is 14.0. The molecule has 0 amide bonds. The van der Waals surface area contributed by atoms with E-state index in [4.69, 9.17) is 4.52 Å². The van der Waals surface area contributed by atoms with Crippen LogP contribution in [0.3, 0.4) is 0 Å². The Bertz CT molecular complexity index is 468. The van der Waals surface area contributed by atoms with Crippen molar-refractivity contribution in [1.29, 1.82) is 0 Å². The van der Waals surface area contributed by atoms with Crippen LogP contribution in [0.1, 0.15) is 18.1 Å². The van der Waals surface area contributed by atoms with Crippen molar-refractivity contribution in [2.45, 2.75) is 25.6 Å². The molecule has 0 bridgehead atoms. The first-order chi connectivity index (χ1) is 10.6. The van der Waals surface area contributed by atoms with Crippen molar-refractivity contribution in [2.75, 3.05) is 60.4 Å². The average Bonchev–Trinajstić information content (AvgIpc) is 3.12. The molecule has 1 aromatic rings. The second-order valence-electron chi connectivity index (χ2n) is 6.82. The highest BCUT2D eigenvalue weighted by Crippen LogP contribution is 2.16. The van der Waals surface area contributed by atoms with Crippen LogP contribution in [0.5, 0.6) is 0 Å². The molecule has 2 saturated heterocycles. The van der Waals surface area contributed by atoms with Gasteiger partial charge < -0.3 is 14.3 Å². The smallest absolute Gasteiger partial charge is 0.240 e. The maximum absolute atomic E-state index is 5.43. The van der Waals surface area contributed by atoms with Gasteiger partial charge in [-0.2, -0.15) is 4.98 Å². The fourth-order valence-electron chi connectivity index (χ4n) is 3.19. The summed E-state index contributed by atoms with van der Waals surface area (Å²) in [5.74, 6) is 1.58. The average molecular weight is 308 g/mol. The first-order valence-corrected chi connectivity index (χ1v) is 8.21. The predicted octanol–water partition coefficient (Wildman–Crippen LogP) is -0.0471. The number of hydrogen-bond acceptors (Lipinski definition) is 7. The van der Waals surface area contributed by atoms with E-state index in [-0.39, 0.29) is 0 Å². The van der Waals surface area contributed by atoms with Crippen LogP contribution < -0.4 is 0 Å². The van der Waals surface area contributed by atoms with Gasteiger partial charge in [0.2, 0.25) is 5.89 Å². The van der Waals surface area contributed by atoms with Crippen LogP contribution in [0.4, 0.5) is 0 Å². The Morgan fingerprint density at radius 3 is 2.55 bits per heavy atom. The summed E-state index contributed by atoms with van der Waals surface area (Å²) in [6.07, 6.45) is 1.22. The van der Waals surface area contributed by atoms with Crippen molar-refractivity contribution in [1.82, 2.24) is 29.7 Å². The fourth-order valence-corrected chi connectivity index (χ4v) is 3.19. The Kier molecular flexibility index (Phi) is 5.07. The summed E-state index contributed by atoms with van der Waals surface area (Å²) in [5.41, 5.74) is 0. The van der Waals surface area contributed by atoms with E-state index in [1.165, 1.54) is 6.42 Å². The van der Waals surface area contributed by atoms with Crippen LogP contribution in [0.2, 0.25) is 0 Å². The molecule has 1 atom stereocenters. The molecule has 7 heteroatoms. The molecule has 2 fully saturated rings. The largest absolute Gasteiger partial charge is 0.338 e. The molecule has 0 aromatic carbocycles. The quantitative estimate of drug-likeness (QED) is 0.756. The first kappa shape index (κ1) is 15.9. The number of piperazine rings is 1. The fraction of sp³-hybridized carbons (Fsp3) is 0.867. The zero-order chi connectivity index (χ0) is 15.5. The summed E-state index contributed by atoms with van der Waals surface area (Å²) in [6.45, 7) is 8.17. The molecule has 3 heterocycles. The van der Waals surface area contributed by atoms with Crippen LogP contribution in [0.15, 0.2) is 4.52 Å². The Balaban J connectivity index is 1.47. The highest BCUT2D eigenvalue weighted by Gasteiger charge is 2.25. The van der Waals surface area contributed by atoms with Gasteiger partial charge in [0, 0.05) is 45.3 Å². The lowest BCUT2D eigenvalue weighted by Gasteiger charge is -2.31. The van der Waals surface area contributed by atoms with Gasteiger partial charge in [-0.1, -0.05) is 5.16 Å². The molecular formula is C15H28N6O. The SMILES string of the molecule is CN1CCN(Cc2noc(CN3CCC(N(C)C)C3)n2)CC1. The maximum atomic E-state index is 5.43. The van der Waals surface area contributed by atoms with E-state index in [2.05, 4.69) is 50.9 Å². The Morgan fingerprint density at radius 2 is 1.86 bits per heavy atom. The molecule has 7 nitrogen and oxygen atoms in total. The lowest BCUT2D eigenvalue weighted by molar-refractivity contribution is 0.144. The molecule has 0 aliphatic carbocycles. The third-order valence-corrected chi connectivity index (χ3v) is 4.81. The Hall–Kier alpha value is -1.02. The highest BCUT2D eigenvalue weighted by atomic mass is 16.5. The summed E-state index contributed by atoms with van der Waals surface area (Å²) in [7, 11) is 6.46. The minimum Gasteiger partial charge on any atom is -0.338 e. The third kappa shape index (κ3) is 4.04. The summed E-state index contributed by atoms with van der Waals surface area (Å²) in [6, 6.07) is 0.646. The molecule has 2 aliphatic rings. The van der Waals surface area contributed by atoms with Crippen molar-refractivity contribution in [3.05, 3.63) is 11.7 Å². The van der Waals surface area contributed by atoms with Gasteiger partial charge in [0.15, 0.2) is 5.82 Å². The molecule has 1 aromatic heterocycles. The van der Waals surface area contributed by atoms with Gasteiger partial charge in [0.05, 0.1) is 13.1 Å². The van der Waals surface area contributed by atoms with Gasteiger partial charge in [0.1, 0.15) is 0 Å². The molecule has 0 spiro atoms. The van der Waals surface area contributed by atoms with Gasteiger partial charge in [-0.25, -0.2) is 0 Å². The van der Waals surface area contributed by atoms with Gasteiger partial charge in [-0.3, -0.25) is 9.80 Å². The topological polar surface area (TPSA) is 51.9 Å². The Labute approximate surface area is 132 Å². The number of likely N-dealkylation sites (N-methyl/N-ethyl adjacent to an activating group) is 2. The van der Waals surface area contributed by atoms with Crippen molar-refractivity contribution in [3.8, 4) is 0 Å². The van der Waals surface area contributed by atoms with E-state index in [9.17, 15) is 0 Å². The van der Waals surface area contributed by atoms with Crippen LogP contribution >= 0.6 is 0 Å². The summed E-state index contributed by atoms with van der Waals surface area (Å²) >= 11 is 0. The normalized spacial score (nSPS) is 25.4. The van der Waals surface area contributed by atoms with E-state index in [0.717, 1.165) is 64.1 Å². The standard InChI is InChI=1S/C15H28N6O/c1-18(2)13-4-5-21(10-13)12-15-16-14(17-22-15)11-20-8-6-19(3)7-9-20/h13H,4-12H2,1-3H3.